The highest BCUT2D eigenvalue weighted by Gasteiger charge is 2.25. The molecule has 4 heteroatoms. The smallest absolute Gasteiger partial charge is 0.174 e. The van der Waals surface area contributed by atoms with Gasteiger partial charge in [-0.2, -0.15) is 0 Å². The first-order chi connectivity index (χ1) is 8.20. The first-order valence-electron chi connectivity index (χ1n) is 5.87. The van der Waals surface area contributed by atoms with E-state index in [1.54, 1.807) is 0 Å². The summed E-state index contributed by atoms with van der Waals surface area (Å²) in [6, 6.07) is 0. The van der Waals surface area contributed by atoms with Gasteiger partial charge in [-0.25, -0.2) is 0 Å². The Labute approximate surface area is 107 Å². The average molecular weight is 251 g/mol. The van der Waals surface area contributed by atoms with E-state index in [9.17, 15) is 4.79 Å². The van der Waals surface area contributed by atoms with Crippen molar-refractivity contribution >= 4 is 18.4 Å². The summed E-state index contributed by atoms with van der Waals surface area (Å²) in [6.45, 7) is 1.31. The fourth-order valence-corrected chi connectivity index (χ4v) is 2.41. The number of carbonyl (C=O) groups is 1. The molecular formula is C13H17NO2S. The fourth-order valence-electron chi connectivity index (χ4n) is 2.08. The second kappa shape index (κ2) is 5.56. The second-order valence-electron chi connectivity index (χ2n) is 4.34. The molecule has 0 spiro atoms. The van der Waals surface area contributed by atoms with E-state index in [2.05, 4.69) is 12.6 Å². The largest absolute Gasteiger partial charge is 0.397 e. The van der Waals surface area contributed by atoms with Crippen LogP contribution in [-0.4, -0.2) is 19.0 Å². The van der Waals surface area contributed by atoms with Crippen LogP contribution in [0, 0.1) is 5.92 Å². The van der Waals surface area contributed by atoms with Crippen LogP contribution in [0.2, 0.25) is 0 Å². The Morgan fingerprint density at radius 2 is 2.12 bits per heavy atom. The summed E-state index contributed by atoms with van der Waals surface area (Å²) >= 11 is 4.30. The molecule has 1 fully saturated rings. The predicted molar refractivity (Wildman–Crippen MR) is 70.6 cm³/mol. The lowest BCUT2D eigenvalue weighted by molar-refractivity contribution is -0.121. The molecule has 17 heavy (non-hydrogen) atoms. The summed E-state index contributed by atoms with van der Waals surface area (Å²) in [5.41, 5.74) is 7.48. The molecule has 2 N–H and O–H groups in total. The topological polar surface area (TPSA) is 52.3 Å². The van der Waals surface area contributed by atoms with E-state index in [-0.39, 0.29) is 11.7 Å². The molecule has 1 heterocycles. The van der Waals surface area contributed by atoms with E-state index in [0.29, 0.717) is 23.8 Å². The van der Waals surface area contributed by atoms with E-state index in [0.717, 1.165) is 24.8 Å². The highest BCUT2D eigenvalue weighted by atomic mass is 32.1. The van der Waals surface area contributed by atoms with Crippen LogP contribution in [0.25, 0.3) is 0 Å². The van der Waals surface area contributed by atoms with Gasteiger partial charge in [-0.3, -0.25) is 4.79 Å². The SMILES string of the molecule is N/C(C1=CC=CC1)=C(\S)C(=O)C1CCOCC1. The second-order valence-corrected chi connectivity index (χ2v) is 4.78. The highest BCUT2D eigenvalue weighted by Crippen LogP contribution is 2.26. The monoisotopic (exact) mass is 251 g/mol. The third-order valence-electron chi connectivity index (χ3n) is 3.20. The molecule has 1 aliphatic carbocycles. The van der Waals surface area contributed by atoms with Gasteiger partial charge in [0, 0.05) is 19.1 Å². The molecule has 3 nitrogen and oxygen atoms in total. The van der Waals surface area contributed by atoms with Crippen LogP contribution in [0.5, 0.6) is 0 Å². The van der Waals surface area contributed by atoms with Crippen LogP contribution in [0.15, 0.2) is 34.4 Å². The van der Waals surface area contributed by atoms with E-state index in [1.807, 2.05) is 18.2 Å². The minimum atomic E-state index is 0.0183. The number of rotatable bonds is 3. The van der Waals surface area contributed by atoms with Gasteiger partial charge in [0.15, 0.2) is 5.78 Å². The van der Waals surface area contributed by atoms with E-state index in [4.69, 9.17) is 10.5 Å². The number of ether oxygens (including phenoxy) is 1. The first kappa shape index (κ1) is 12.5. The maximum atomic E-state index is 12.2. The van der Waals surface area contributed by atoms with Crippen LogP contribution < -0.4 is 5.73 Å². The van der Waals surface area contributed by atoms with Crippen molar-refractivity contribution in [2.75, 3.05) is 13.2 Å². The lowest BCUT2D eigenvalue weighted by atomic mass is 9.94. The number of ketones is 1. The minimum absolute atomic E-state index is 0.0183. The summed E-state index contributed by atoms with van der Waals surface area (Å²) in [5, 5.41) is 0. The number of carbonyl (C=O) groups excluding carboxylic acids is 1. The van der Waals surface area contributed by atoms with Crippen molar-refractivity contribution in [3.63, 3.8) is 0 Å². The maximum Gasteiger partial charge on any atom is 0.174 e. The Balaban J connectivity index is 2.09. The zero-order valence-corrected chi connectivity index (χ0v) is 10.6. The molecule has 92 valence electrons. The Kier molecular flexibility index (Phi) is 4.07. The van der Waals surface area contributed by atoms with Crippen molar-refractivity contribution in [2.45, 2.75) is 19.3 Å². The zero-order chi connectivity index (χ0) is 12.3. The van der Waals surface area contributed by atoms with E-state index < -0.39 is 0 Å². The number of hydrogen-bond acceptors (Lipinski definition) is 4. The van der Waals surface area contributed by atoms with E-state index >= 15 is 0 Å². The van der Waals surface area contributed by atoms with Crippen LogP contribution >= 0.6 is 12.6 Å². The van der Waals surface area contributed by atoms with Gasteiger partial charge < -0.3 is 10.5 Å². The molecule has 0 aromatic rings. The van der Waals surface area contributed by atoms with Crippen molar-refractivity contribution < 1.29 is 9.53 Å². The molecule has 1 aliphatic heterocycles. The van der Waals surface area contributed by atoms with E-state index in [1.165, 1.54) is 0 Å². The molecular weight excluding hydrogens is 234 g/mol. The molecule has 0 amide bonds. The first-order valence-corrected chi connectivity index (χ1v) is 6.31. The minimum Gasteiger partial charge on any atom is -0.397 e. The number of nitrogens with two attached hydrogens (primary N) is 1. The number of allylic oxidation sites excluding steroid dienone is 5. The molecule has 0 unspecified atom stereocenters. The summed E-state index contributed by atoms with van der Waals surface area (Å²) in [4.78, 5) is 12.6. The van der Waals surface area contributed by atoms with Gasteiger partial charge in [0.1, 0.15) is 0 Å². The Morgan fingerprint density at radius 1 is 1.41 bits per heavy atom. The van der Waals surface area contributed by atoms with Gasteiger partial charge in [-0.15, -0.1) is 12.6 Å². The van der Waals surface area contributed by atoms with Crippen LogP contribution in [0.4, 0.5) is 0 Å². The number of hydrogen-bond donors (Lipinski definition) is 2. The summed E-state index contributed by atoms with van der Waals surface area (Å²) in [5.74, 6) is 0.0756. The van der Waals surface area contributed by atoms with Gasteiger partial charge in [-0.05, 0) is 24.8 Å². The van der Waals surface area contributed by atoms with Crippen LogP contribution in [-0.2, 0) is 9.53 Å². The van der Waals surface area contributed by atoms with Gasteiger partial charge >= 0.3 is 0 Å². The molecule has 0 atom stereocenters. The molecule has 0 radical (unpaired) electrons. The quantitative estimate of drug-likeness (QED) is 0.595. The van der Waals surface area contributed by atoms with Gasteiger partial charge in [0.05, 0.1) is 10.6 Å². The molecule has 2 rings (SSSR count). The molecule has 0 aromatic carbocycles. The fraction of sp³-hybridized carbons (Fsp3) is 0.462. The molecule has 2 aliphatic rings. The lowest BCUT2D eigenvalue weighted by Gasteiger charge is -2.21. The van der Waals surface area contributed by atoms with Crippen molar-refractivity contribution in [1.82, 2.24) is 0 Å². The standard InChI is InChI=1S/C13H17NO2S/c14-11(9-3-1-2-4-9)13(17)12(15)10-5-7-16-8-6-10/h1-3,10,17H,4-8,14H2/b13-11-. The highest BCUT2D eigenvalue weighted by molar-refractivity contribution is 7.85. The third-order valence-corrected chi connectivity index (χ3v) is 3.66. The third kappa shape index (κ3) is 2.82. The van der Waals surface area contributed by atoms with Crippen molar-refractivity contribution in [1.29, 1.82) is 0 Å². The van der Waals surface area contributed by atoms with Gasteiger partial charge in [-0.1, -0.05) is 18.2 Å². The zero-order valence-electron chi connectivity index (χ0n) is 9.69. The number of Topliss-reactive ketones (excluding diaryl/α,β-unsaturated/α-hetero) is 1. The summed E-state index contributed by atoms with van der Waals surface area (Å²) in [6.07, 6.45) is 8.23. The molecule has 0 bridgehead atoms. The lowest BCUT2D eigenvalue weighted by Crippen LogP contribution is -2.25. The van der Waals surface area contributed by atoms with Crippen LogP contribution in [0.3, 0.4) is 0 Å². The molecule has 1 saturated heterocycles. The molecule has 0 aromatic heterocycles. The average Bonchev–Trinajstić information content (AvgIpc) is 2.91. The van der Waals surface area contributed by atoms with Crippen molar-refractivity contribution in [2.24, 2.45) is 11.7 Å². The van der Waals surface area contributed by atoms with Gasteiger partial charge in [0.2, 0.25) is 0 Å². The Morgan fingerprint density at radius 3 is 2.71 bits per heavy atom. The molecule has 0 saturated carbocycles. The summed E-state index contributed by atoms with van der Waals surface area (Å²) in [7, 11) is 0. The normalized spacial score (nSPS) is 22.3. The Bertz CT molecular complexity index is 404. The van der Waals surface area contributed by atoms with Crippen molar-refractivity contribution in [3.8, 4) is 0 Å². The van der Waals surface area contributed by atoms with Gasteiger partial charge in [0.25, 0.3) is 0 Å². The van der Waals surface area contributed by atoms with Crippen molar-refractivity contribution in [3.05, 3.63) is 34.4 Å². The number of thiol groups is 1. The predicted octanol–water partition coefficient (Wildman–Crippen LogP) is 1.97. The summed E-state index contributed by atoms with van der Waals surface area (Å²) < 4.78 is 5.24. The Hall–Kier alpha value is -1.00. The maximum absolute atomic E-state index is 12.2. The van der Waals surface area contributed by atoms with Crippen LogP contribution in [0.1, 0.15) is 19.3 Å².